The summed E-state index contributed by atoms with van der Waals surface area (Å²) >= 11 is 13.8. The smallest absolute Gasteiger partial charge is 0.221 e. The minimum atomic E-state index is 0.203. The van der Waals surface area contributed by atoms with Gasteiger partial charge in [0.25, 0.3) is 0 Å². The van der Waals surface area contributed by atoms with Gasteiger partial charge in [0.1, 0.15) is 0 Å². The molecule has 1 aliphatic rings. The molecule has 1 fully saturated rings. The average molecular weight is 430 g/mol. The molecule has 2 rings (SSSR count). The van der Waals surface area contributed by atoms with E-state index in [9.17, 15) is 4.79 Å². The van der Waals surface area contributed by atoms with Gasteiger partial charge in [0.15, 0.2) is 0 Å². The number of amides is 1. The molecule has 0 aromatic heterocycles. The molecule has 0 atom stereocenters. The van der Waals surface area contributed by atoms with Crippen LogP contribution in [0.1, 0.15) is 82.6 Å². The lowest BCUT2D eigenvalue weighted by Crippen LogP contribution is -2.35. The fraction of sp³-hybridized carbons (Fsp3) is 0.682. The largest absolute Gasteiger partial charge is 0.353 e. The molecule has 1 amide bonds. The Morgan fingerprint density at radius 1 is 0.926 bits per heavy atom. The summed E-state index contributed by atoms with van der Waals surface area (Å²) in [6.07, 6.45) is 14.9. The average Bonchev–Trinajstić information content (AvgIpc) is 2.64. The zero-order chi connectivity index (χ0) is 19.3. The minimum absolute atomic E-state index is 0.203. The van der Waals surface area contributed by atoms with Gasteiger partial charge < -0.3 is 5.32 Å². The van der Waals surface area contributed by atoms with Crippen LogP contribution in [0.4, 0.5) is 0 Å². The van der Waals surface area contributed by atoms with Gasteiger partial charge in [-0.05, 0) is 30.5 Å². The number of nitrogens with one attached hydrogen (secondary N) is 1. The molecular formula is C22H33Cl2NOS. The minimum Gasteiger partial charge on any atom is -0.353 e. The van der Waals surface area contributed by atoms with Gasteiger partial charge in [0, 0.05) is 24.0 Å². The molecule has 0 unspecified atom stereocenters. The zero-order valence-corrected chi connectivity index (χ0v) is 18.6. The topological polar surface area (TPSA) is 29.1 Å². The van der Waals surface area contributed by atoms with Crippen molar-refractivity contribution in [2.24, 2.45) is 0 Å². The Hall–Kier alpha value is -0.380. The van der Waals surface area contributed by atoms with Crippen LogP contribution in [0.25, 0.3) is 0 Å². The lowest BCUT2D eigenvalue weighted by atomic mass is 9.98. The molecular weight excluding hydrogens is 397 g/mol. The molecule has 0 heterocycles. The van der Waals surface area contributed by atoms with Crippen LogP contribution < -0.4 is 5.32 Å². The van der Waals surface area contributed by atoms with E-state index in [1.54, 1.807) is 11.8 Å². The molecule has 1 aromatic carbocycles. The maximum Gasteiger partial charge on any atom is 0.221 e. The van der Waals surface area contributed by atoms with Gasteiger partial charge in [-0.2, -0.15) is 11.8 Å². The first-order valence-corrected chi connectivity index (χ1v) is 12.4. The lowest BCUT2D eigenvalue weighted by molar-refractivity contribution is -0.121. The number of carbonyl (C=O) groups is 1. The highest BCUT2D eigenvalue weighted by Crippen LogP contribution is 2.25. The predicted molar refractivity (Wildman–Crippen MR) is 120 cm³/mol. The van der Waals surface area contributed by atoms with Crippen LogP contribution in [0.5, 0.6) is 0 Å². The first kappa shape index (κ1) is 22.9. The van der Waals surface area contributed by atoms with Gasteiger partial charge in [0.05, 0.1) is 10.0 Å². The van der Waals surface area contributed by atoms with Crippen LogP contribution in [-0.2, 0) is 10.5 Å². The Bertz CT molecular complexity index is 555. The quantitative estimate of drug-likeness (QED) is 0.476. The number of carbonyl (C=O) groups excluding carboxylic acids is 1. The van der Waals surface area contributed by atoms with Crippen molar-refractivity contribution in [3.63, 3.8) is 0 Å². The third-order valence-electron chi connectivity index (χ3n) is 5.20. The Balaban J connectivity index is 1.65. The number of thioether (sulfide) groups is 1. The van der Waals surface area contributed by atoms with E-state index in [0.717, 1.165) is 29.9 Å². The number of hydrogen-bond acceptors (Lipinski definition) is 2. The molecule has 0 aliphatic heterocycles. The van der Waals surface area contributed by atoms with Crippen molar-refractivity contribution in [3.05, 3.63) is 33.8 Å². The van der Waals surface area contributed by atoms with Gasteiger partial charge in [-0.3, -0.25) is 4.79 Å². The van der Waals surface area contributed by atoms with Crippen molar-refractivity contribution < 1.29 is 4.79 Å². The summed E-state index contributed by atoms with van der Waals surface area (Å²) in [7, 11) is 0. The normalized spacial score (nSPS) is 17.7. The van der Waals surface area contributed by atoms with E-state index in [0.29, 0.717) is 22.5 Å². The second kappa shape index (κ2) is 13.7. The third-order valence-corrected chi connectivity index (χ3v) is 6.97. The molecule has 0 saturated heterocycles. The molecule has 2 nitrogen and oxygen atoms in total. The maximum absolute atomic E-state index is 12.3. The van der Waals surface area contributed by atoms with Crippen molar-refractivity contribution in [1.29, 1.82) is 0 Å². The highest BCUT2D eigenvalue weighted by molar-refractivity contribution is 7.98. The Morgan fingerprint density at radius 3 is 2.11 bits per heavy atom. The molecule has 5 heteroatoms. The van der Waals surface area contributed by atoms with E-state index in [-0.39, 0.29) is 5.91 Å². The van der Waals surface area contributed by atoms with Gasteiger partial charge in [-0.25, -0.2) is 0 Å². The van der Waals surface area contributed by atoms with Crippen LogP contribution in [0.3, 0.4) is 0 Å². The van der Waals surface area contributed by atoms with E-state index in [1.807, 2.05) is 18.2 Å². The van der Waals surface area contributed by atoms with Crippen molar-refractivity contribution in [2.75, 3.05) is 5.75 Å². The zero-order valence-electron chi connectivity index (χ0n) is 16.3. The van der Waals surface area contributed by atoms with E-state index >= 15 is 0 Å². The van der Waals surface area contributed by atoms with Crippen LogP contribution >= 0.6 is 35.0 Å². The summed E-state index contributed by atoms with van der Waals surface area (Å²) in [6, 6.07) is 6.10. The van der Waals surface area contributed by atoms with Gasteiger partial charge in [0.2, 0.25) is 5.91 Å². The summed E-state index contributed by atoms with van der Waals surface area (Å²) in [5, 5.41) is 4.47. The predicted octanol–water partition coefficient (Wildman–Crippen LogP) is 7.41. The van der Waals surface area contributed by atoms with Crippen molar-refractivity contribution in [1.82, 2.24) is 5.32 Å². The van der Waals surface area contributed by atoms with Crippen LogP contribution in [0.15, 0.2) is 18.2 Å². The van der Waals surface area contributed by atoms with Crippen molar-refractivity contribution >= 4 is 40.9 Å². The SMILES string of the molecule is O=C(CCSCc1ccc(Cl)c(Cl)c1)NC1CCCCCCCCCCC1. The Labute approximate surface area is 179 Å². The molecule has 0 spiro atoms. The molecule has 1 N–H and O–H groups in total. The van der Waals surface area contributed by atoms with Crippen molar-refractivity contribution in [2.45, 2.75) is 88.8 Å². The summed E-state index contributed by atoms with van der Waals surface area (Å²) < 4.78 is 0. The monoisotopic (exact) mass is 429 g/mol. The Morgan fingerprint density at radius 2 is 1.52 bits per heavy atom. The van der Waals surface area contributed by atoms with E-state index < -0.39 is 0 Å². The number of rotatable bonds is 6. The molecule has 27 heavy (non-hydrogen) atoms. The van der Waals surface area contributed by atoms with Gasteiger partial charge in [-0.15, -0.1) is 0 Å². The van der Waals surface area contributed by atoms with Gasteiger partial charge in [-0.1, -0.05) is 87.1 Å². The van der Waals surface area contributed by atoms with Crippen LogP contribution in [0.2, 0.25) is 10.0 Å². The summed E-state index contributed by atoms with van der Waals surface area (Å²) in [4.78, 5) is 12.3. The summed E-state index contributed by atoms with van der Waals surface area (Å²) in [5.74, 6) is 1.89. The fourth-order valence-electron chi connectivity index (χ4n) is 3.59. The van der Waals surface area contributed by atoms with Crippen LogP contribution in [0, 0.1) is 0 Å². The third kappa shape index (κ3) is 10.1. The standard InChI is InChI=1S/C22H33Cl2NOS/c23-20-13-12-18(16-21(20)24)17-27-15-14-22(26)25-19-10-8-6-4-2-1-3-5-7-9-11-19/h12-13,16,19H,1-11,14-15,17H2,(H,25,26). The first-order chi connectivity index (χ1) is 13.1. The molecule has 152 valence electrons. The van der Waals surface area contributed by atoms with E-state index in [2.05, 4.69) is 5.32 Å². The van der Waals surface area contributed by atoms with E-state index in [4.69, 9.17) is 23.2 Å². The maximum atomic E-state index is 12.3. The molecule has 1 aromatic rings. The molecule has 0 radical (unpaired) electrons. The number of hydrogen-bond donors (Lipinski definition) is 1. The second-order valence-corrected chi connectivity index (χ2v) is 9.49. The molecule has 1 aliphatic carbocycles. The number of benzene rings is 1. The molecule has 0 bridgehead atoms. The van der Waals surface area contributed by atoms with Gasteiger partial charge >= 0.3 is 0 Å². The summed E-state index contributed by atoms with van der Waals surface area (Å²) in [5.41, 5.74) is 1.15. The highest BCUT2D eigenvalue weighted by Gasteiger charge is 2.12. The fourth-order valence-corrected chi connectivity index (χ4v) is 4.80. The molecule has 1 saturated carbocycles. The second-order valence-electron chi connectivity index (χ2n) is 7.57. The highest BCUT2D eigenvalue weighted by atomic mass is 35.5. The van der Waals surface area contributed by atoms with Crippen LogP contribution in [-0.4, -0.2) is 17.7 Å². The van der Waals surface area contributed by atoms with Crippen molar-refractivity contribution in [3.8, 4) is 0 Å². The lowest BCUT2D eigenvalue weighted by Gasteiger charge is -2.19. The first-order valence-electron chi connectivity index (χ1n) is 10.5. The summed E-state index contributed by atoms with van der Waals surface area (Å²) in [6.45, 7) is 0. The number of halogens is 2. The Kier molecular flexibility index (Phi) is 11.7. The van der Waals surface area contributed by atoms with E-state index in [1.165, 1.54) is 57.8 Å².